The van der Waals surface area contributed by atoms with Crippen LogP contribution in [0.4, 0.5) is 0 Å². The number of ketones is 1. The highest BCUT2D eigenvalue weighted by molar-refractivity contribution is 6.35. The van der Waals surface area contributed by atoms with Crippen LogP contribution >= 0.6 is 11.6 Å². The third-order valence-electron chi connectivity index (χ3n) is 3.67. The first-order valence-electron chi connectivity index (χ1n) is 7.01. The lowest BCUT2D eigenvalue weighted by Crippen LogP contribution is -2.02. The largest absolute Gasteiger partial charge is 0.460 e. The number of rotatable bonds is 3. The summed E-state index contributed by atoms with van der Waals surface area (Å²) in [6.45, 7) is 0.204. The van der Waals surface area contributed by atoms with Crippen molar-refractivity contribution in [2.24, 2.45) is 0 Å². The maximum Gasteiger partial charge on any atom is 0.231 e. The Bertz CT molecular complexity index is 898. The smallest absolute Gasteiger partial charge is 0.231 e. The summed E-state index contributed by atoms with van der Waals surface area (Å²) < 4.78 is 16.1. The molecule has 0 atom stereocenters. The molecule has 0 amide bonds. The molecule has 2 aromatic carbocycles. The molecule has 23 heavy (non-hydrogen) atoms. The molecule has 0 fully saturated rings. The molecule has 0 saturated carbocycles. The van der Waals surface area contributed by atoms with Crippen LogP contribution < -0.4 is 9.47 Å². The average molecular weight is 327 g/mol. The second-order valence-electron chi connectivity index (χ2n) is 5.04. The molecule has 0 spiro atoms. The van der Waals surface area contributed by atoms with Gasteiger partial charge < -0.3 is 13.9 Å². The summed E-state index contributed by atoms with van der Waals surface area (Å²) in [6.07, 6.45) is 1.49. The van der Waals surface area contributed by atoms with E-state index in [0.717, 1.165) is 5.56 Å². The van der Waals surface area contributed by atoms with E-state index >= 15 is 0 Å². The van der Waals surface area contributed by atoms with E-state index in [4.69, 9.17) is 25.5 Å². The Morgan fingerprint density at radius 1 is 1.00 bits per heavy atom. The van der Waals surface area contributed by atoms with Crippen molar-refractivity contribution >= 4 is 17.4 Å². The molecule has 1 aromatic heterocycles. The highest BCUT2D eigenvalue weighted by Gasteiger charge is 2.22. The molecular formula is C18H11ClO4. The van der Waals surface area contributed by atoms with E-state index < -0.39 is 0 Å². The van der Waals surface area contributed by atoms with Crippen molar-refractivity contribution in [3.8, 4) is 22.6 Å². The number of furan rings is 1. The standard InChI is InChI=1S/C18H11ClO4/c19-14-4-2-1-3-13(14)17(20)18-12(7-8-21-18)11-5-6-15-16(9-11)23-10-22-15/h1-9H,10H2. The summed E-state index contributed by atoms with van der Waals surface area (Å²) in [5, 5.41) is 0.394. The van der Waals surface area contributed by atoms with Crippen LogP contribution in [0.2, 0.25) is 5.02 Å². The Labute approximate surface area is 137 Å². The van der Waals surface area contributed by atoms with Gasteiger partial charge in [0.1, 0.15) is 0 Å². The van der Waals surface area contributed by atoms with Gasteiger partial charge in [-0.25, -0.2) is 0 Å². The molecule has 0 N–H and O–H groups in total. The highest BCUT2D eigenvalue weighted by Crippen LogP contribution is 2.37. The predicted octanol–water partition coefficient (Wildman–Crippen LogP) is 4.56. The lowest BCUT2D eigenvalue weighted by Gasteiger charge is -2.05. The Morgan fingerprint density at radius 2 is 1.83 bits per heavy atom. The van der Waals surface area contributed by atoms with Crippen LogP contribution in [-0.4, -0.2) is 12.6 Å². The third-order valence-corrected chi connectivity index (χ3v) is 4.00. The number of carbonyl (C=O) groups is 1. The van der Waals surface area contributed by atoms with Gasteiger partial charge in [0, 0.05) is 11.1 Å². The minimum atomic E-state index is -0.256. The summed E-state index contributed by atoms with van der Waals surface area (Å²) in [5.41, 5.74) is 1.91. The van der Waals surface area contributed by atoms with E-state index in [1.807, 2.05) is 18.2 Å². The van der Waals surface area contributed by atoms with E-state index in [9.17, 15) is 4.79 Å². The number of halogens is 1. The van der Waals surface area contributed by atoms with Crippen LogP contribution in [0.1, 0.15) is 16.1 Å². The number of hydrogen-bond acceptors (Lipinski definition) is 4. The molecule has 1 aliphatic heterocycles. The Kier molecular flexibility index (Phi) is 3.32. The first-order valence-corrected chi connectivity index (χ1v) is 7.38. The molecule has 0 aliphatic carbocycles. The number of hydrogen-bond donors (Lipinski definition) is 0. The molecule has 0 radical (unpaired) electrons. The van der Waals surface area contributed by atoms with E-state index in [2.05, 4.69) is 0 Å². The minimum Gasteiger partial charge on any atom is -0.460 e. The molecule has 114 valence electrons. The topological polar surface area (TPSA) is 48.7 Å². The van der Waals surface area contributed by atoms with Crippen molar-refractivity contribution in [3.63, 3.8) is 0 Å². The SMILES string of the molecule is O=C(c1ccccc1Cl)c1occc1-c1ccc2c(c1)OCO2. The van der Waals surface area contributed by atoms with Crippen molar-refractivity contribution in [2.75, 3.05) is 6.79 Å². The minimum absolute atomic E-state index is 0.204. The molecule has 1 aliphatic rings. The summed E-state index contributed by atoms with van der Waals surface area (Å²) >= 11 is 6.11. The first-order chi connectivity index (χ1) is 11.2. The fraction of sp³-hybridized carbons (Fsp3) is 0.0556. The first kappa shape index (κ1) is 13.9. The maximum absolute atomic E-state index is 12.7. The average Bonchev–Trinajstić information content (AvgIpc) is 3.23. The molecule has 3 aromatic rings. The maximum atomic E-state index is 12.7. The monoisotopic (exact) mass is 326 g/mol. The van der Waals surface area contributed by atoms with E-state index in [1.165, 1.54) is 6.26 Å². The van der Waals surface area contributed by atoms with Crippen LogP contribution in [0.25, 0.3) is 11.1 Å². The molecule has 2 heterocycles. The van der Waals surface area contributed by atoms with Crippen molar-refractivity contribution in [2.45, 2.75) is 0 Å². The molecule has 4 nitrogen and oxygen atoms in total. The lowest BCUT2D eigenvalue weighted by atomic mass is 10.0. The third kappa shape index (κ3) is 2.37. The quantitative estimate of drug-likeness (QED) is 0.662. The fourth-order valence-electron chi connectivity index (χ4n) is 2.54. The van der Waals surface area contributed by atoms with Crippen LogP contribution in [0.15, 0.2) is 59.2 Å². The Morgan fingerprint density at radius 3 is 2.70 bits per heavy atom. The highest BCUT2D eigenvalue weighted by atomic mass is 35.5. The van der Waals surface area contributed by atoms with Crippen molar-refractivity contribution < 1.29 is 18.7 Å². The van der Waals surface area contributed by atoms with E-state index in [0.29, 0.717) is 27.6 Å². The normalized spacial score (nSPS) is 12.4. The second-order valence-corrected chi connectivity index (χ2v) is 5.45. The van der Waals surface area contributed by atoms with Gasteiger partial charge in [-0.3, -0.25) is 4.79 Å². The van der Waals surface area contributed by atoms with Crippen LogP contribution in [0, 0.1) is 0 Å². The number of benzene rings is 2. The van der Waals surface area contributed by atoms with Gasteiger partial charge in [-0.15, -0.1) is 0 Å². The van der Waals surface area contributed by atoms with E-state index in [-0.39, 0.29) is 18.3 Å². The van der Waals surface area contributed by atoms with Crippen molar-refractivity contribution in [1.29, 1.82) is 0 Å². The number of carbonyl (C=O) groups excluding carboxylic acids is 1. The Balaban J connectivity index is 1.77. The zero-order chi connectivity index (χ0) is 15.8. The van der Waals surface area contributed by atoms with Crippen LogP contribution in [0.5, 0.6) is 11.5 Å². The zero-order valence-corrected chi connectivity index (χ0v) is 12.7. The van der Waals surface area contributed by atoms with E-state index in [1.54, 1.807) is 30.3 Å². The molecule has 0 unspecified atom stereocenters. The molecule has 5 heteroatoms. The van der Waals surface area contributed by atoms with Gasteiger partial charge in [0.15, 0.2) is 17.3 Å². The Hall–Kier alpha value is -2.72. The lowest BCUT2D eigenvalue weighted by molar-refractivity contribution is 0.101. The molecule has 0 saturated heterocycles. The van der Waals surface area contributed by atoms with Crippen molar-refractivity contribution in [3.05, 3.63) is 71.1 Å². The van der Waals surface area contributed by atoms with Gasteiger partial charge in [-0.2, -0.15) is 0 Å². The molecule has 4 rings (SSSR count). The zero-order valence-electron chi connectivity index (χ0n) is 11.9. The van der Waals surface area contributed by atoms with Gasteiger partial charge in [0.25, 0.3) is 0 Å². The second kappa shape index (κ2) is 5.48. The molecule has 0 bridgehead atoms. The summed E-state index contributed by atoms with van der Waals surface area (Å²) in [6, 6.07) is 14.2. The van der Waals surface area contributed by atoms with Crippen LogP contribution in [0.3, 0.4) is 0 Å². The number of fused-ring (bicyclic) bond motifs is 1. The summed E-state index contributed by atoms with van der Waals surface area (Å²) in [5.74, 6) is 1.33. The van der Waals surface area contributed by atoms with Gasteiger partial charge in [-0.05, 0) is 35.9 Å². The molecular weight excluding hydrogens is 316 g/mol. The number of ether oxygens (including phenoxy) is 2. The summed E-state index contributed by atoms with van der Waals surface area (Å²) in [4.78, 5) is 12.7. The predicted molar refractivity (Wildman–Crippen MR) is 85.2 cm³/mol. The van der Waals surface area contributed by atoms with Crippen molar-refractivity contribution in [1.82, 2.24) is 0 Å². The summed E-state index contributed by atoms with van der Waals surface area (Å²) in [7, 11) is 0. The van der Waals surface area contributed by atoms with Crippen LogP contribution in [-0.2, 0) is 0 Å². The van der Waals surface area contributed by atoms with Gasteiger partial charge in [0.05, 0.1) is 11.3 Å². The van der Waals surface area contributed by atoms with Gasteiger partial charge in [0.2, 0.25) is 12.6 Å². The van der Waals surface area contributed by atoms with Gasteiger partial charge >= 0.3 is 0 Å². The fourth-order valence-corrected chi connectivity index (χ4v) is 2.77. The van der Waals surface area contributed by atoms with Gasteiger partial charge in [-0.1, -0.05) is 29.8 Å².